The third-order valence-corrected chi connectivity index (χ3v) is 5.23. The molecule has 11 nitrogen and oxygen atoms in total. The molecule has 4 N–H and O–H groups in total. The summed E-state index contributed by atoms with van der Waals surface area (Å²) in [6.45, 7) is 2.34. The molecule has 2 amide bonds. The van der Waals surface area contributed by atoms with Gasteiger partial charge in [-0.05, 0) is 12.1 Å². The summed E-state index contributed by atoms with van der Waals surface area (Å²) in [6, 6.07) is 5.04. The van der Waals surface area contributed by atoms with Gasteiger partial charge in [0.1, 0.15) is 23.1 Å². The van der Waals surface area contributed by atoms with Crippen LogP contribution in [-0.4, -0.2) is 62.3 Å². The molecule has 164 valence electrons. The molecule has 2 aromatic rings. The Hall–Kier alpha value is -3.60. The molecule has 0 aliphatic carbocycles. The van der Waals surface area contributed by atoms with E-state index in [-0.39, 0.29) is 24.0 Å². The summed E-state index contributed by atoms with van der Waals surface area (Å²) in [6.07, 6.45) is -0.0738. The Labute approximate surface area is 178 Å². The van der Waals surface area contributed by atoms with Crippen LogP contribution >= 0.6 is 0 Å². The number of anilines is 4. The molecule has 0 saturated carbocycles. The van der Waals surface area contributed by atoms with Crippen LogP contribution in [0.15, 0.2) is 18.2 Å². The van der Waals surface area contributed by atoms with E-state index in [9.17, 15) is 9.59 Å². The summed E-state index contributed by atoms with van der Waals surface area (Å²) in [4.78, 5) is 36.3. The van der Waals surface area contributed by atoms with Gasteiger partial charge in [-0.1, -0.05) is 0 Å². The second-order valence-electron chi connectivity index (χ2n) is 7.13. The van der Waals surface area contributed by atoms with Crippen LogP contribution in [-0.2, 0) is 14.3 Å². The summed E-state index contributed by atoms with van der Waals surface area (Å²) >= 11 is 0. The van der Waals surface area contributed by atoms with Crippen LogP contribution < -0.4 is 30.7 Å². The second kappa shape index (κ2) is 8.64. The quantitative estimate of drug-likeness (QED) is 0.635. The lowest BCUT2D eigenvalue weighted by molar-refractivity contribution is -0.123. The molecule has 0 bridgehead atoms. The van der Waals surface area contributed by atoms with Crippen molar-refractivity contribution >= 4 is 35.1 Å². The van der Waals surface area contributed by atoms with Crippen LogP contribution in [0, 0.1) is 0 Å². The Morgan fingerprint density at radius 1 is 1.26 bits per heavy atom. The lowest BCUT2D eigenvalue weighted by atomic mass is 9.91. The summed E-state index contributed by atoms with van der Waals surface area (Å²) < 4.78 is 15.9. The molecule has 31 heavy (non-hydrogen) atoms. The summed E-state index contributed by atoms with van der Waals surface area (Å²) in [7, 11) is 3.03. The van der Waals surface area contributed by atoms with E-state index in [0.717, 1.165) is 0 Å². The molecule has 1 aromatic heterocycles. The number of ether oxygens (including phenoxy) is 3. The molecule has 0 radical (unpaired) electrons. The minimum absolute atomic E-state index is 0.0738. The molecule has 2 aliphatic rings. The Morgan fingerprint density at radius 2 is 2.03 bits per heavy atom. The predicted octanol–water partition coefficient (Wildman–Crippen LogP) is 0.977. The highest BCUT2D eigenvalue weighted by atomic mass is 16.5. The topological polar surface area (TPSA) is 141 Å². The van der Waals surface area contributed by atoms with Crippen LogP contribution in [0.2, 0.25) is 0 Å². The molecular formula is C20H24N6O5. The van der Waals surface area contributed by atoms with Gasteiger partial charge in [-0.3, -0.25) is 9.59 Å². The highest BCUT2D eigenvalue weighted by Crippen LogP contribution is 2.38. The fourth-order valence-electron chi connectivity index (χ4n) is 3.64. The van der Waals surface area contributed by atoms with Crippen molar-refractivity contribution < 1.29 is 23.8 Å². The highest BCUT2D eigenvalue weighted by molar-refractivity contribution is 6.06. The molecule has 4 rings (SSSR count). The lowest BCUT2D eigenvalue weighted by Gasteiger charge is -2.30. The number of hydrogen-bond donors (Lipinski definition) is 3. The number of aromatic nitrogens is 2. The first-order chi connectivity index (χ1) is 15.0. The monoisotopic (exact) mass is 428 g/mol. The lowest BCUT2D eigenvalue weighted by Crippen LogP contribution is -2.38. The zero-order valence-electron chi connectivity index (χ0n) is 17.3. The standard InChI is InChI=1S/C20H24N6O5/c1-29-11-3-4-14(30-2)13(9-11)22-19(28)12-10-15(27)23-18-16(12)17(21)24-20(25-18)26-5-7-31-8-6-26/h3-4,9,12H,5-8,10H2,1-2H3,(H,22,28)(H3,21,23,24,25,27). The molecule has 1 unspecified atom stereocenters. The van der Waals surface area contributed by atoms with Crippen LogP contribution in [0.1, 0.15) is 17.9 Å². The molecule has 1 saturated heterocycles. The van der Waals surface area contributed by atoms with Gasteiger partial charge in [-0.2, -0.15) is 9.97 Å². The van der Waals surface area contributed by atoms with Gasteiger partial charge in [0.15, 0.2) is 0 Å². The summed E-state index contributed by atoms with van der Waals surface area (Å²) in [5.41, 5.74) is 7.05. The van der Waals surface area contributed by atoms with Crippen molar-refractivity contribution in [1.82, 2.24) is 9.97 Å². The first-order valence-electron chi connectivity index (χ1n) is 9.83. The molecule has 0 spiro atoms. The predicted molar refractivity (Wildman–Crippen MR) is 114 cm³/mol. The van der Waals surface area contributed by atoms with E-state index in [1.807, 2.05) is 4.90 Å². The van der Waals surface area contributed by atoms with Gasteiger partial charge in [0, 0.05) is 25.6 Å². The number of carbonyl (C=O) groups excluding carboxylic acids is 2. The number of nitrogens with two attached hydrogens (primary N) is 1. The molecule has 2 aliphatic heterocycles. The fraction of sp³-hybridized carbons (Fsp3) is 0.400. The smallest absolute Gasteiger partial charge is 0.232 e. The van der Waals surface area contributed by atoms with Crippen LogP contribution in [0.4, 0.5) is 23.3 Å². The molecule has 1 aromatic carbocycles. The Morgan fingerprint density at radius 3 is 2.74 bits per heavy atom. The van der Waals surface area contributed by atoms with E-state index >= 15 is 0 Å². The maximum absolute atomic E-state index is 13.2. The van der Waals surface area contributed by atoms with Crippen molar-refractivity contribution in [3.63, 3.8) is 0 Å². The van der Waals surface area contributed by atoms with Gasteiger partial charge in [0.05, 0.1) is 44.6 Å². The number of nitrogens with zero attached hydrogens (tertiary/aromatic N) is 3. The largest absolute Gasteiger partial charge is 0.497 e. The number of carbonyl (C=O) groups is 2. The normalized spacial score (nSPS) is 18.1. The molecule has 1 atom stereocenters. The summed E-state index contributed by atoms with van der Waals surface area (Å²) in [5, 5.41) is 5.53. The van der Waals surface area contributed by atoms with E-state index in [0.29, 0.717) is 55.0 Å². The van der Waals surface area contributed by atoms with Crippen molar-refractivity contribution in [2.24, 2.45) is 0 Å². The average molecular weight is 428 g/mol. The molecule has 11 heteroatoms. The van der Waals surface area contributed by atoms with Crippen molar-refractivity contribution in [2.45, 2.75) is 12.3 Å². The third kappa shape index (κ3) is 4.17. The first kappa shape index (κ1) is 20.7. The number of fused-ring (bicyclic) bond motifs is 1. The fourth-order valence-corrected chi connectivity index (χ4v) is 3.64. The molecule has 1 fully saturated rings. The van der Waals surface area contributed by atoms with Gasteiger partial charge < -0.3 is 35.5 Å². The minimum Gasteiger partial charge on any atom is -0.497 e. The van der Waals surface area contributed by atoms with E-state index in [2.05, 4.69) is 20.6 Å². The first-order valence-corrected chi connectivity index (χ1v) is 9.83. The summed E-state index contributed by atoms with van der Waals surface area (Å²) in [5.74, 6) is 0.229. The van der Waals surface area contributed by atoms with Gasteiger partial charge in [-0.25, -0.2) is 0 Å². The maximum Gasteiger partial charge on any atom is 0.232 e. The Balaban J connectivity index is 1.65. The Bertz CT molecular complexity index is 1010. The molecular weight excluding hydrogens is 404 g/mol. The number of nitrogen functional groups attached to an aromatic ring is 1. The number of morpholine rings is 1. The SMILES string of the molecule is COc1ccc(OC)c(NC(=O)C2CC(=O)Nc3nc(N4CCOCC4)nc(N)c32)c1. The number of benzene rings is 1. The number of amides is 2. The van der Waals surface area contributed by atoms with Crippen molar-refractivity contribution in [1.29, 1.82) is 0 Å². The third-order valence-electron chi connectivity index (χ3n) is 5.23. The minimum atomic E-state index is -0.849. The van der Waals surface area contributed by atoms with Crippen LogP contribution in [0.5, 0.6) is 11.5 Å². The van der Waals surface area contributed by atoms with Crippen LogP contribution in [0.25, 0.3) is 0 Å². The highest BCUT2D eigenvalue weighted by Gasteiger charge is 2.35. The van der Waals surface area contributed by atoms with E-state index in [1.54, 1.807) is 18.2 Å². The number of nitrogens with one attached hydrogen (secondary N) is 2. The van der Waals surface area contributed by atoms with E-state index < -0.39 is 11.8 Å². The van der Waals surface area contributed by atoms with Gasteiger partial charge >= 0.3 is 0 Å². The zero-order valence-corrected chi connectivity index (χ0v) is 17.3. The maximum atomic E-state index is 13.2. The average Bonchev–Trinajstić information content (AvgIpc) is 2.78. The van der Waals surface area contributed by atoms with Gasteiger partial charge in [0.25, 0.3) is 0 Å². The molecule has 3 heterocycles. The number of methoxy groups -OCH3 is 2. The number of rotatable bonds is 5. The van der Waals surface area contributed by atoms with Crippen molar-refractivity contribution in [3.05, 3.63) is 23.8 Å². The van der Waals surface area contributed by atoms with E-state index in [1.165, 1.54) is 14.2 Å². The number of hydrogen-bond acceptors (Lipinski definition) is 9. The van der Waals surface area contributed by atoms with Gasteiger partial charge in [-0.15, -0.1) is 0 Å². The van der Waals surface area contributed by atoms with Gasteiger partial charge in [0.2, 0.25) is 17.8 Å². The second-order valence-corrected chi connectivity index (χ2v) is 7.13. The Kier molecular flexibility index (Phi) is 5.76. The van der Waals surface area contributed by atoms with Crippen LogP contribution in [0.3, 0.4) is 0 Å². The van der Waals surface area contributed by atoms with Crippen molar-refractivity contribution in [3.8, 4) is 11.5 Å². The zero-order chi connectivity index (χ0) is 22.0. The van der Waals surface area contributed by atoms with Crippen molar-refractivity contribution in [2.75, 3.05) is 61.8 Å². The van der Waals surface area contributed by atoms with E-state index in [4.69, 9.17) is 19.9 Å².